The quantitative estimate of drug-likeness (QED) is 0.790. The van der Waals surface area contributed by atoms with Crippen LogP contribution in [-0.4, -0.2) is 41.4 Å². The number of nitrogens with zero attached hydrogens (tertiary/aromatic N) is 1. The first-order valence-electron chi connectivity index (χ1n) is 7.66. The lowest BCUT2D eigenvalue weighted by Crippen LogP contribution is -2.49. The van der Waals surface area contributed by atoms with Crippen LogP contribution in [0.1, 0.15) is 24.3 Å². The van der Waals surface area contributed by atoms with Gasteiger partial charge >= 0.3 is 6.03 Å². The van der Waals surface area contributed by atoms with E-state index >= 15 is 0 Å². The summed E-state index contributed by atoms with van der Waals surface area (Å²) in [6, 6.07) is 5.82. The van der Waals surface area contributed by atoms with Gasteiger partial charge in [-0.1, -0.05) is 12.1 Å². The molecular weight excluding hydrogens is 301 g/mol. The molecule has 1 aromatic carbocycles. The molecular formula is C16H16FN3O3. The average molecular weight is 317 g/mol. The highest BCUT2D eigenvalue weighted by Crippen LogP contribution is 2.49. The van der Waals surface area contributed by atoms with Crippen LogP contribution in [0.4, 0.5) is 9.18 Å². The first kappa shape index (κ1) is 14.2. The Labute approximate surface area is 132 Å². The van der Waals surface area contributed by atoms with Crippen molar-refractivity contribution in [3.63, 3.8) is 0 Å². The van der Waals surface area contributed by atoms with Gasteiger partial charge in [-0.2, -0.15) is 0 Å². The fourth-order valence-corrected chi connectivity index (χ4v) is 3.62. The molecule has 7 heteroatoms. The second kappa shape index (κ2) is 4.78. The highest BCUT2D eigenvalue weighted by molar-refractivity contribution is 6.07. The van der Waals surface area contributed by atoms with Crippen LogP contribution in [-0.2, 0) is 9.59 Å². The number of carbonyl (C=O) groups excluding carboxylic acids is 3. The minimum absolute atomic E-state index is 0.0231. The van der Waals surface area contributed by atoms with E-state index in [2.05, 4.69) is 10.6 Å². The monoisotopic (exact) mass is 317 g/mol. The van der Waals surface area contributed by atoms with Crippen LogP contribution in [0.15, 0.2) is 24.3 Å². The first-order valence-corrected chi connectivity index (χ1v) is 7.66. The molecule has 1 aliphatic carbocycles. The fraction of sp³-hybridized carbons (Fsp3) is 0.438. The summed E-state index contributed by atoms with van der Waals surface area (Å²) in [5.74, 6) is -0.805. The molecule has 0 bridgehead atoms. The van der Waals surface area contributed by atoms with Gasteiger partial charge in [-0.3, -0.25) is 14.9 Å². The third-order valence-electron chi connectivity index (χ3n) is 4.98. The maximum atomic E-state index is 13.3. The van der Waals surface area contributed by atoms with Crippen LogP contribution in [0, 0.1) is 11.7 Å². The number of rotatable bonds is 2. The summed E-state index contributed by atoms with van der Waals surface area (Å²) < 4.78 is 13.3. The fourth-order valence-electron chi connectivity index (χ4n) is 3.62. The number of imide groups is 1. The number of halogens is 1. The van der Waals surface area contributed by atoms with Gasteiger partial charge in [-0.25, -0.2) is 9.18 Å². The van der Waals surface area contributed by atoms with Crippen LogP contribution in [0.2, 0.25) is 0 Å². The van der Waals surface area contributed by atoms with Crippen molar-refractivity contribution in [2.45, 2.75) is 24.3 Å². The summed E-state index contributed by atoms with van der Waals surface area (Å²) >= 11 is 0. The Hall–Kier alpha value is -2.44. The highest BCUT2D eigenvalue weighted by atomic mass is 19.1. The molecule has 1 spiro atoms. The number of urea groups is 1. The molecule has 0 unspecified atom stereocenters. The molecule has 4 rings (SSSR count). The smallest absolute Gasteiger partial charge is 0.322 e. The molecule has 2 N–H and O–H groups in total. The van der Waals surface area contributed by atoms with Crippen molar-refractivity contribution in [3.8, 4) is 0 Å². The number of nitrogens with one attached hydrogen (secondary N) is 2. The molecule has 0 aromatic heterocycles. The topological polar surface area (TPSA) is 78.5 Å². The lowest BCUT2D eigenvalue weighted by Gasteiger charge is -2.21. The number of hydrogen-bond donors (Lipinski definition) is 2. The maximum Gasteiger partial charge on any atom is 0.322 e. The molecule has 3 aliphatic rings. The van der Waals surface area contributed by atoms with Gasteiger partial charge in [0.15, 0.2) is 0 Å². The second-order valence-corrected chi connectivity index (χ2v) is 6.50. The Morgan fingerprint density at radius 2 is 2.17 bits per heavy atom. The molecule has 6 nitrogen and oxygen atoms in total. The van der Waals surface area contributed by atoms with Crippen molar-refractivity contribution in [1.82, 2.24) is 15.5 Å². The Morgan fingerprint density at radius 3 is 2.87 bits per heavy atom. The lowest BCUT2D eigenvalue weighted by atomic mass is 9.99. The van der Waals surface area contributed by atoms with Gasteiger partial charge in [-0.15, -0.1) is 0 Å². The second-order valence-electron chi connectivity index (χ2n) is 6.50. The van der Waals surface area contributed by atoms with Gasteiger partial charge in [0.05, 0.1) is 6.54 Å². The van der Waals surface area contributed by atoms with Crippen LogP contribution in [0.5, 0.6) is 0 Å². The molecule has 1 aromatic rings. The third kappa shape index (κ3) is 2.27. The van der Waals surface area contributed by atoms with E-state index in [1.54, 1.807) is 11.0 Å². The number of likely N-dealkylation sites (tertiary alicyclic amines) is 1. The van der Waals surface area contributed by atoms with Crippen molar-refractivity contribution in [1.29, 1.82) is 0 Å². The third-order valence-corrected chi connectivity index (χ3v) is 4.98. The van der Waals surface area contributed by atoms with Crippen LogP contribution < -0.4 is 10.6 Å². The number of benzene rings is 1. The van der Waals surface area contributed by atoms with E-state index in [0.29, 0.717) is 19.4 Å². The van der Waals surface area contributed by atoms with E-state index in [9.17, 15) is 18.8 Å². The van der Waals surface area contributed by atoms with Gasteiger partial charge in [-0.05, 0) is 36.5 Å². The maximum absolute atomic E-state index is 13.3. The molecule has 2 saturated heterocycles. The van der Waals surface area contributed by atoms with Gasteiger partial charge in [0.1, 0.15) is 11.4 Å². The largest absolute Gasteiger partial charge is 0.339 e. The van der Waals surface area contributed by atoms with E-state index in [4.69, 9.17) is 0 Å². The van der Waals surface area contributed by atoms with Crippen molar-refractivity contribution < 1.29 is 18.8 Å². The van der Waals surface area contributed by atoms with E-state index in [-0.39, 0.29) is 36.0 Å². The molecule has 120 valence electrons. The summed E-state index contributed by atoms with van der Waals surface area (Å²) in [5, 5.41) is 4.86. The van der Waals surface area contributed by atoms with Crippen LogP contribution in [0.25, 0.3) is 0 Å². The Bertz CT molecular complexity index is 722. The van der Waals surface area contributed by atoms with E-state index in [0.717, 1.165) is 5.56 Å². The predicted octanol–water partition coefficient (Wildman–Crippen LogP) is 0.740. The molecule has 2 aliphatic heterocycles. The van der Waals surface area contributed by atoms with Crippen LogP contribution in [0.3, 0.4) is 0 Å². The summed E-state index contributed by atoms with van der Waals surface area (Å²) in [6.45, 7) is 0.648. The summed E-state index contributed by atoms with van der Waals surface area (Å²) in [6.07, 6.45) is 1.12. The summed E-state index contributed by atoms with van der Waals surface area (Å²) in [4.78, 5) is 37.5. The summed E-state index contributed by atoms with van der Waals surface area (Å²) in [7, 11) is 0. The molecule has 3 atom stereocenters. The van der Waals surface area contributed by atoms with Crippen molar-refractivity contribution >= 4 is 17.8 Å². The molecule has 4 amide bonds. The molecule has 2 heterocycles. The highest BCUT2D eigenvalue weighted by Gasteiger charge is 2.54. The zero-order valence-electron chi connectivity index (χ0n) is 12.3. The summed E-state index contributed by atoms with van der Waals surface area (Å²) in [5.41, 5.74) is -0.139. The Balaban J connectivity index is 1.44. The van der Waals surface area contributed by atoms with E-state index in [1.807, 2.05) is 6.07 Å². The lowest BCUT2D eigenvalue weighted by molar-refractivity contribution is -0.132. The van der Waals surface area contributed by atoms with Gasteiger partial charge < -0.3 is 10.2 Å². The molecule has 0 radical (unpaired) electrons. The average Bonchev–Trinajstić information content (AvgIpc) is 3.12. The van der Waals surface area contributed by atoms with Crippen molar-refractivity contribution in [3.05, 3.63) is 35.6 Å². The van der Waals surface area contributed by atoms with Crippen molar-refractivity contribution in [2.24, 2.45) is 5.92 Å². The standard InChI is InChI=1S/C16H16FN3O3/c17-10-3-1-2-9(6-10)11-7-12(11)13(21)20-5-4-16(8-20)14(22)18-15(23)19-16/h1-3,6,11-12H,4-5,7-8H2,(H2,18,19,22,23)/t11-,12-,16-/m1/s1. The molecule has 1 saturated carbocycles. The van der Waals surface area contributed by atoms with E-state index < -0.39 is 11.6 Å². The Kier molecular flexibility index (Phi) is 2.94. The molecule has 3 fully saturated rings. The number of amides is 4. The predicted molar refractivity (Wildman–Crippen MR) is 77.9 cm³/mol. The zero-order chi connectivity index (χ0) is 16.2. The van der Waals surface area contributed by atoms with Gasteiger partial charge in [0, 0.05) is 12.5 Å². The normalized spacial score (nSPS) is 32.1. The Morgan fingerprint density at radius 1 is 1.35 bits per heavy atom. The van der Waals surface area contributed by atoms with Crippen LogP contribution >= 0.6 is 0 Å². The van der Waals surface area contributed by atoms with Crippen molar-refractivity contribution in [2.75, 3.05) is 13.1 Å². The minimum atomic E-state index is -0.976. The zero-order valence-corrected chi connectivity index (χ0v) is 12.3. The number of carbonyl (C=O) groups is 3. The minimum Gasteiger partial charge on any atom is -0.339 e. The SMILES string of the molecule is O=C1NC(=O)[C@]2(CCN(C(=O)[C@@H]3C[C@@H]3c3cccc(F)c3)C2)N1. The van der Waals surface area contributed by atoms with E-state index in [1.165, 1.54) is 12.1 Å². The van der Waals surface area contributed by atoms with Gasteiger partial charge in [0.2, 0.25) is 5.91 Å². The molecule has 23 heavy (non-hydrogen) atoms. The first-order chi connectivity index (χ1) is 11.0. The number of hydrogen-bond acceptors (Lipinski definition) is 3. The van der Waals surface area contributed by atoms with Gasteiger partial charge in [0.25, 0.3) is 5.91 Å².